The zero-order valence-corrected chi connectivity index (χ0v) is 16.0. The largest absolute Gasteiger partial charge is 0.463 e. The van der Waals surface area contributed by atoms with Crippen molar-refractivity contribution in [2.45, 2.75) is 51.4 Å². The highest BCUT2D eigenvalue weighted by Gasteiger charge is 2.16. The minimum absolute atomic E-state index is 0.156. The van der Waals surface area contributed by atoms with Gasteiger partial charge in [0.2, 0.25) is 0 Å². The standard InChI is InChI=1S/C17H33NO5S/c1-4-17(19)23-15-11-9-7-5-6-8-10-13-18(2,3)14-12-16-24(20,21)22/h4H,1,5-16H2,2-3H3/p+1. The first kappa shape index (κ1) is 23.1. The summed E-state index contributed by atoms with van der Waals surface area (Å²) in [4.78, 5) is 10.8. The smallest absolute Gasteiger partial charge is 0.330 e. The average molecular weight is 365 g/mol. The van der Waals surface area contributed by atoms with E-state index < -0.39 is 10.1 Å². The molecule has 6 nitrogen and oxygen atoms in total. The summed E-state index contributed by atoms with van der Waals surface area (Å²) in [7, 11) is 0.346. The molecule has 0 bridgehead atoms. The molecule has 1 N–H and O–H groups in total. The second kappa shape index (κ2) is 12.4. The van der Waals surface area contributed by atoms with E-state index in [4.69, 9.17) is 9.29 Å². The predicted octanol–water partition coefficient (Wildman–Crippen LogP) is 2.80. The number of hydrogen-bond acceptors (Lipinski definition) is 4. The normalized spacial score (nSPS) is 12.1. The Morgan fingerprint density at radius 1 is 1.00 bits per heavy atom. The van der Waals surface area contributed by atoms with Crippen LogP contribution in [-0.2, 0) is 19.6 Å². The predicted molar refractivity (Wildman–Crippen MR) is 96.4 cm³/mol. The molecule has 0 aliphatic carbocycles. The minimum Gasteiger partial charge on any atom is -0.463 e. The van der Waals surface area contributed by atoms with Crippen LogP contribution >= 0.6 is 0 Å². The van der Waals surface area contributed by atoms with Gasteiger partial charge in [-0.15, -0.1) is 0 Å². The van der Waals surface area contributed by atoms with Crippen LogP contribution in [0.3, 0.4) is 0 Å². The Morgan fingerprint density at radius 3 is 2.04 bits per heavy atom. The third-order valence-corrected chi connectivity index (χ3v) is 4.79. The summed E-state index contributed by atoms with van der Waals surface area (Å²) >= 11 is 0. The van der Waals surface area contributed by atoms with Gasteiger partial charge in [0.1, 0.15) is 0 Å². The maximum atomic E-state index is 10.8. The van der Waals surface area contributed by atoms with Crippen LogP contribution in [0, 0.1) is 0 Å². The molecule has 0 aliphatic heterocycles. The van der Waals surface area contributed by atoms with Gasteiger partial charge in [-0.2, -0.15) is 8.42 Å². The van der Waals surface area contributed by atoms with E-state index in [1.54, 1.807) is 0 Å². The van der Waals surface area contributed by atoms with Crippen LogP contribution < -0.4 is 0 Å². The molecule has 0 spiro atoms. The SMILES string of the molecule is C=CC(=O)OCCCCCCCCC[N+](C)(C)CCCS(=O)(=O)O. The molecule has 0 unspecified atom stereocenters. The van der Waals surface area contributed by atoms with Crippen molar-refractivity contribution < 1.29 is 27.0 Å². The van der Waals surface area contributed by atoms with Crippen molar-refractivity contribution >= 4 is 16.1 Å². The second-order valence-electron chi connectivity index (χ2n) is 6.87. The van der Waals surface area contributed by atoms with Gasteiger partial charge < -0.3 is 9.22 Å². The topological polar surface area (TPSA) is 80.7 Å². The van der Waals surface area contributed by atoms with Crippen LogP contribution in [0.25, 0.3) is 0 Å². The van der Waals surface area contributed by atoms with Gasteiger partial charge in [-0.1, -0.05) is 32.3 Å². The van der Waals surface area contributed by atoms with E-state index in [0.717, 1.165) is 43.3 Å². The molecule has 0 heterocycles. The first-order chi connectivity index (χ1) is 11.2. The summed E-state index contributed by atoms with van der Waals surface area (Å²) in [6, 6.07) is 0. The molecule has 7 heteroatoms. The Hall–Kier alpha value is -0.920. The molecule has 0 saturated carbocycles. The number of rotatable bonds is 15. The van der Waals surface area contributed by atoms with E-state index in [1.807, 2.05) is 0 Å². The van der Waals surface area contributed by atoms with E-state index in [1.165, 1.54) is 25.3 Å². The van der Waals surface area contributed by atoms with Crippen molar-refractivity contribution in [2.75, 3.05) is 39.5 Å². The van der Waals surface area contributed by atoms with Gasteiger partial charge >= 0.3 is 5.97 Å². The Morgan fingerprint density at radius 2 is 1.50 bits per heavy atom. The third kappa shape index (κ3) is 16.0. The van der Waals surface area contributed by atoms with Crippen molar-refractivity contribution in [1.82, 2.24) is 0 Å². The number of carbonyl (C=O) groups is 1. The fourth-order valence-corrected chi connectivity index (χ4v) is 3.04. The van der Waals surface area contributed by atoms with Crippen LogP contribution in [-0.4, -0.2) is 63.0 Å². The zero-order valence-electron chi connectivity index (χ0n) is 15.2. The van der Waals surface area contributed by atoms with E-state index in [9.17, 15) is 13.2 Å². The minimum atomic E-state index is -3.84. The lowest BCUT2D eigenvalue weighted by Crippen LogP contribution is -2.41. The fourth-order valence-electron chi connectivity index (χ4n) is 2.54. The van der Waals surface area contributed by atoms with Gasteiger partial charge in [0.15, 0.2) is 0 Å². The summed E-state index contributed by atoms with van der Waals surface area (Å²) in [6.45, 7) is 5.59. The molecule has 142 valence electrons. The van der Waals surface area contributed by atoms with Gasteiger partial charge in [-0.05, 0) is 19.3 Å². The Labute approximate surface area is 147 Å². The Bertz CT molecular complexity index is 460. The monoisotopic (exact) mass is 364 g/mol. The lowest BCUT2D eigenvalue weighted by atomic mass is 10.1. The van der Waals surface area contributed by atoms with Gasteiger partial charge in [0.25, 0.3) is 10.1 Å². The summed E-state index contributed by atoms with van der Waals surface area (Å²) in [5.74, 6) is -0.510. The van der Waals surface area contributed by atoms with Gasteiger partial charge in [-0.3, -0.25) is 4.55 Å². The molecular weight excluding hydrogens is 330 g/mol. The second-order valence-corrected chi connectivity index (χ2v) is 8.44. The van der Waals surface area contributed by atoms with Crippen molar-refractivity contribution in [2.24, 2.45) is 0 Å². The zero-order chi connectivity index (χ0) is 18.5. The van der Waals surface area contributed by atoms with Crippen molar-refractivity contribution in [3.05, 3.63) is 12.7 Å². The van der Waals surface area contributed by atoms with Gasteiger partial charge in [-0.25, -0.2) is 4.79 Å². The van der Waals surface area contributed by atoms with Crippen molar-refractivity contribution in [3.8, 4) is 0 Å². The molecule has 0 saturated heterocycles. The van der Waals surface area contributed by atoms with Crippen molar-refractivity contribution in [3.63, 3.8) is 0 Å². The van der Waals surface area contributed by atoms with Crippen LogP contribution in [0.5, 0.6) is 0 Å². The summed E-state index contributed by atoms with van der Waals surface area (Å²) in [5, 5.41) is 0. The van der Waals surface area contributed by atoms with Gasteiger partial charge in [0, 0.05) is 12.5 Å². The fraction of sp³-hybridized carbons (Fsp3) is 0.824. The van der Waals surface area contributed by atoms with E-state index in [0.29, 0.717) is 13.0 Å². The van der Waals surface area contributed by atoms with E-state index >= 15 is 0 Å². The number of carbonyl (C=O) groups excluding carboxylic acids is 1. The van der Waals surface area contributed by atoms with Crippen LogP contribution in [0.2, 0.25) is 0 Å². The lowest BCUT2D eigenvalue weighted by molar-refractivity contribution is -0.890. The molecule has 0 radical (unpaired) electrons. The first-order valence-corrected chi connectivity index (χ1v) is 10.3. The first-order valence-electron chi connectivity index (χ1n) is 8.73. The molecule has 0 aromatic heterocycles. The third-order valence-electron chi connectivity index (χ3n) is 3.98. The maximum absolute atomic E-state index is 10.8. The lowest BCUT2D eigenvalue weighted by Gasteiger charge is -2.29. The average Bonchev–Trinajstić information content (AvgIpc) is 2.47. The number of esters is 1. The molecule has 0 amide bonds. The molecule has 0 aliphatic rings. The van der Waals surface area contributed by atoms with Crippen LogP contribution in [0.1, 0.15) is 51.4 Å². The molecule has 0 atom stereocenters. The molecule has 0 aromatic rings. The number of unbranched alkanes of at least 4 members (excludes halogenated alkanes) is 6. The molecule has 0 fully saturated rings. The molecular formula is C17H34NO5S+. The summed E-state index contributed by atoms with van der Waals surface area (Å²) in [6.07, 6.45) is 9.46. The quantitative estimate of drug-likeness (QED) is 0.159. The van der Waals surface area contributed by atoms with Gasteiger partial charge in [0.05, 0.1) is 39.5 Å². The molecule has 0 rings (SSSR count). The number of hydrogen-bond donors (Lipinski definition) is 1. The van der Waals surface area contributed by atoms with Crippen LogP contribution in [0.4, 0.5) is 0 Å². The van der Waals surface area contributed by atoms with E-state index in [2.05, 4.69) is 20.7 Å². The maximum Gasteiger partial charge on any atom is 0.330 e. The molecule has 0 aromatic carbocycles. The highest BCUT2D eigenvalue weighted by atomic mass is 32.2. The number of quaternary nitrogens is 1. The highest BCUT2D eigenvalue weighted by molar-refractivity contribution is 7.85. The van der Waals surface area contributed by atoms with E-state index in [-0.39, 0.29) is 11.7 Å². The highest BCUT2D eigenvalue weighted by Crippen LogP contribution is 2.10. The number of ether oxygens (including phenoxy) is 1. The summed E-state index contributed by atoms with van der Waals surface area (Å²) < 4.78 is 35.9. The Balaban J connectivity index is 3.48. The van der Waals surface area contributed by atoms with Crippen molar-refractivity contribution in [1.29, 1.82) is 0 Å². The Kier molecular flexibility index (Phi) is 12.0. The summed E-state index contributed by atoms with van der Waals surface area (Å²) in [5.41, 5.74) is 0. The number of nitrogens with zero attached hydrogens (tertiary/aromatic N) is 1. The molecule has 24 heavy (non-hydrogen) atoms. The van der Waals surface area contributed by atoms with Crippen LogP contribution in [0.15, 0.2) is 12.7 Å².